The zero-order chi connectivity index (χ0) is 12.7. The van der Waals surface area contributed by atoms with Gasteiger partial charge in [-0.05, 0) is 25.8 Å². The van der Waals surface area contributed by atoms with Gasteiger partial charge in [0.05, 0.1) is 25.3 Å². The number of carbonyl (C=O) groups is 1. The van der Waals surface area contributed by atoms with Crippen molar-refractivity contribution < 1.29 is 14.6 Å². The van der Waals surface area contributed by atoms with Crippen LogP contribution in [0, 0.1) is 0 Å². The molecule has 1 fully saturated rings. The highest BCUT2D eigenvalue weighted by atomic mass is 16.5. The minimum atomic E-state index is -0.210. The lowest BCUT2D eigenvalue weighted by Gasteiger charge is -2.37. The highest BCUT2D eigenvalue weighted by Gasteiger charge is 2.32. The fraction of sp³-hybridized carbons (Fsp3) is 0.917. The second-order valence-corrected chi connectivity index (χ2v) is 4.47. The lowest BCUT2D eigenvalue weighted by Crippen LogP contribution is -2.56. The molecule has 1 aliphatic heterocycles. The van der Waals surface area contributed by atoms with E-state index in [1.54, 1.807) is 12.0 Å². The standard InChI is InChI=1S/C12H24N2O3/c1-3-6-13-11-5-4-7-14(12(11)16)10(8-15)9-17-2/h10-11,13,15H,3-9H2,1-2H3. The average Bonchev–Trinajstić information content (AvgIpc) is 2.35. The number of aliphatic hydroxyl groups is 1. The molecule has 0 aliphatic carbocycles. The summed E-state index contributed by atoms with van der Waals surface area (Å²) in [7, 11) is 1.59. The van der Waals surface area contributed by atoms with E-state index >= 15 is 0 Å². The lowest BCUT2D eigenvalue weighted by atomic mass is 10.0. The molecule has 1 rings (SSSR count). The second kappa shape index (κ2) is 7.63. The number of methoxy groups -OCH3 is 1. The molecule has 0 saturated carbocycles. The Bertz CT molecular complexity index is 236. The van der Waals surface area contributed by atoms with E-state index in [4.69, 9.17) is 4.74 Å². The van der Waals surface area contributed by atoms with Crippen LogP contribution in [0.2, 0.25) is 0 Å². The Morgan fingerprint density at radius 3 is 3.00 bits per heavy atom. The number of nitrogens with one attached hydrogen (secondary N) is 1. The molecule has 0 aromatic heterocycles. The number of ether oxygens (including phenoxy) is 1. The van der Waals surface area contributed by atoms with Crippen LogP contribution in [-0.2, 0) is 9.53 Å². The summed E-state index contributed by atoms with van der Waals surface area (Å²) in [5, 5.41) is 12.6. The Morgan fingerprint density at radius 1 is 1.65 bits per heavy atom. The van der Waals surface area contributed by atoms with Gasteiger partial charge in [-0.15, -0.1) is 0 Å². The first-order valence-electron chi connectivity index (χ1n) is 6.38. The fourth-order valence-corrected chi connectivity index (χ4v) is 2.20. The van der Waals surface area contributed by atoms with Gasteiger partial charge < -0.3 is 20.1 Å². The molecule has 5 nitrogen and oxygen atoms in total. The number of aliphatic hydroxyl groups excluding tert-OH is 1. The molecule has 2 unspecified atom stereocenters. The van der Waals surface area contributed by atoms with Crippen LogP contribution >= 0.6 is 0 Å². The van der Waals surface area contributed by atoms with E-state index in [0.717, 1.165) is 32.4 Å². The van der Waals surface area contributed by atoms with Gasteiger partial charge in [-0.2, -0.15) is 0 Å². The molecule has 0 aromatic rings. The molecule has 17 heavy (non-hydrogen) atoms. The minimum absolute atomic E-state index is 0.0416. The van der Waals surface area contributed by atoms with Crippen LogP contribution in [-0.4, -0.2) is 61.4 Å². The molecule has 0 aromatic carbocycles. The third kappa shape index (κ3) is 3.94. The maximum atomic E-state index is 12.2. The van der Waals surface area contributed by atoms with E-state index in [2.05, 4.69) is 12.2 Å². The third-order valence-electron chi connectivity index (χ3n) is 3.12. The van der Waals surface area contributed by atoms with Crippen molar-refractivity contribution in [3.05, 3.63) is 0 Å². The van der Waals surface area contributed by atoms with Crippen LogP contribution in [0.1, 0.15) is 26.2 Å². The van der Waals surface area contributed by atoms with Crippen LogP contribution in [0.4, 0.5) is 0 Å². The van der Waals surface area contributed by atoms with Crippen molar-refractivity contribution in [3.8, 4) is 0 Å². The van der Waals surface area contributed by atoms with Crippen molar-refractivity contribution in [2.24, 2.45) is 0 Å². The SMILES string of the molecule is CCCNC1CCCN(C(CO)COC)C1=O. The van der Waals surface area contributed by atoms with E-state index in [9.17, 15) is 9.90 Å². The van der Waals surface area contributed by atoms with Crippen LogP contribution in [0.15, 0.2) is 0 Å². The van der Waals surface area contributed by atoms with E-state index in [-0.39, 0.29) is 24.6 Å². The summed E-state index contributed by atoms with van der Waals surface area (Å²) in [6.07, 6.45) is 2.89. The highest BCUT2D eigenvalue weighted by Crippen LogP contribution is 2.15. The lowest BCUT2D eigenvalue weighted by molar-refractivity contribution is -0.141. The Morgan fingerprint density at radius 2 is 2.41 bits per heavy atom. The number of carbonyl (C=O) groups excluding carboxylic acids is 1. The summed E-state index contributed by atoms with van der Waals surface area (Å²) in [6, 6.07) is -0.298. The quantitative estimate of drug-likeness (QED) is 0.661. The topological polar surface area (TPSA) is 61.8 Å². The van der Waals surface area contributed by atoms with Crippen molar-refractivity contribution in [2.45, 2.75) is 38.3 Å². The van der Waals surface area contributed by atoms with Crippen molar-refractivity contribution in [1.82, 2.24) is 10.2 Å². The monoisotopic (exact) mass is 244 g/mol. The first kappa shape index (κ1) is 14.4. The normalized spacial score (nSPS) is 22.9. The van der Waals surface area contributed by atoms with Gasteiger partial charge in [0, 0.05) is 13.7 Å². The van der Waals surface area contributed by atoms with Crippen molar-refractivity contribution in [1.29, 1.82) is 0 Å². The summed E-state index contributed by atoms with van der Waals surface area (Å²) in [5.41, 5.74) is 0. The average molecular weight is 244 g/mol. The smallest absolute Gasteiger partial charge is 0.240 e. The molecule has 5 heteroatoms. The molecule has 0 spiro atoms. The predicted octanol–water partition coefficient (Wildman–Crippen LogP) is -0.0157. The van der Waals surface area contributed by atoms with Crippen molar-refractivity contribution >= 4 is 5.91 Å². The Hall–Kier alpha value is -0.650. The Kier molecular flexibility index (Phi) is 6.47. The molecular weight excluding hydrogens is 220 g/mol. The van der Waals surface area contributed by atoms with Gasteiger partial charge in [0.15, 0.2) is 0 Å². The van der Waals surface area contributed by atoms with Gasteiger partial charge >= 0.3 is 0 Å². The number of rotatable bonds is 7. The second-order valence-electron chi connectivity index (χ2n) is 4.47. The molecule has 2 atom stereocenters. The fourth-order valence-electron chi connectivity index (χ4n) is 2.20. The highest BCUT2D eigenvalue weighted by molar-refractivity contribution is 5.83. The predicted molar refractivity (Wildman–Crippen MR) is 65.8 cm³/mol. The van der Waals surface area contributed by atoms with Crippen LogP contribution in [0.5, 0.6) is 0 Å². The van der Waals surface area contributed by atoms with Crippen LogP contribution in [0.25, 0.3) is 0 Å². The number of nitrogens with zero attached hydrogens (tertiary/aromatic N) is 1. The summed E-state index contributed by atoms with van der Waals surface area (Å²) >= 11 is 0. The summed E-state index contributed by atoms with van der Waals surface area (Å²) in [5.74, 6) is 0.0980. The van der Waals surface area contributed by atoms with E-state index in [1.165, 1.54) is 0 Å². The van der Waals surface area contributed by atoms with Gasteiger partial charge in [0.2, 0.25) is 5.91 Å². The molecule has 1 saturated heterocycles. The molecule has 2 N–H and O–H groups in total. The number of piperidine rings is 1. The van der Waals surface area contributed by atoms with Crippen LogP contribution in [0.3, 0.4) is 0 Å². The van der Waals surface area contributed by atoms with Crippen molar-refractivity contribution in [3.63, 3.8) is 0 Å². The Labute approximate surface area is 103 Å². The number of hydrogen-bond donors (Lipinski definition) is 2. The molecule has 0 radical (unpaired) electrons. The summed E-state index contributed by atoms with van der Waals surface area (Å²) < 4.78 is 5.04. The molecule has 1 aliphatic rings. The van der Waals surface area contributed by atoms with Gasteiger partial charge in [0.25, 0.3) is 0 Å². The number of amides is 1. The maximum absolute atomic E-state index is 12.2. The maximum Gasteiger partial charge on any atom is 0.240 e. The molecular formula is C12H24N2O3. The molecule has 1 amide bonds. The number of likely N-dealkylation sites (tertiary alicyclic amines) is 1. The van der Waals surface area contributed by atoms with Gasteiger partial charge in [-0.25, -0.2) is 0 Å². The first-order chi connectivity index (χ1) is 8.24. The molecule has 100 valence electrons. The van der Waals surface area contributed by atoms with Gasteiger partial charge in [0.1, 0.15) is 0 Å². The third-order valence-corrected chi connectivity index (χ3v) is 3.12. The van der Waals surface area contributed by atoms with Gasteiger partial charge in [-0.3, -0.25) is 4.79 Å². The first-order valence-corrected chi connectivity index (χ1v) is 6.38. The zero-order valence-corrected chi connectivity index (χ0v) is 10.8. The summed E-state index contributed by atoms with van der Waals surface area (Å²) in [4.78, 5) is 14.0. The number of hydrogen-bond acceptors (Lipinski definition) is 4. The van der Waals surface area contributed by atoms with E-state index < -0.39 is 0 Å². The largest absolute Gasteiger partial charge is 0.394 e. The van der Waals surface area contributed by atoms with Crippen LogP contribution < -0.4 is 5.32 Å². The Balaban J connectivity index is 2.56. The van der Waals surface area contributed by atoms with E-state index in [0.29, 0.717) is 6.61 Å². The zero-order valence-electron chi connectivity index (χ0n) is 10.8. The van der Waals surface area contributed by atoms with Gasteiger partial charge in [-0.1, -0.05) is 6.92 Å². The minimum Gasteiger partial charge on any atom is -0.394 e. The van der Waals surface area contributed by atoms with Crippen molar-refractivity contribution in [2.75, 3.05) is 33.4 Å². The molecule has 1 heterocycles. The van der Waals surface area contributed by atoms with E-state index in [1.807, 2.05) is 0 Å². The summed E-state index contributed by atoms with van der Waals surface area (Å²) in [6.45, 7) is 4.01. The molecule has 0 bridgehead atoms.